The Labute approximate surface area is 231 Å². The fraction of sp³-hybridized carbons (Fsp3) is 0.364. The van der Waals surface area contributed by atoms with E-state index in [4.69, 9.17) is 15.2 Å². The standard InChI is InChI=1S/C33H39N3O3/c1-24-7-6-10-28-30(23-36(32(24)28)18-20-38-2)33(37)35-16-13-27(14-17-35)29-21-26(22-34)11-12-31(29)39-19-15-25-8-4-3-5-9-25/h3-12,21,23,27H,13-20,22,34H2,1-2H3. The molecule has 1 aliphatic rings. The molecule has 204 valence electrons. The van der Waals surface area contributed by atoms with Gasteiger partial charge in [0.15, 0.2) is 0 Å². The van der Waals surface area contributed by atoms with Crippen molar-refractivity contribution in [3.63, 3.8) is 0 Å². The number of rotatable bonds is 10. The molecular weight excluding hydrogens is 486 g/mol. The van der Waals surface area contributed by atoms with Gasteiger partial charge in [-0.25, -0.2) is 0 Å². The zero-order chi connectivity index (χ0) is 27.2. The van der Waals surface area contributed by atoms with E-state index in [2.05, 4.69) is 66.1 Å². The Morgan fingerprint density at radius 1 is 0.974 bits per heavy atom. The van der Waals surface area contributed by atoms with Gasteiger partial charge in [0.25, 0.3) is 5.91 Å². The van der Waals surface area contributed by atoms with Crippen molar-refractivity contribution in [1.29, 1.82) is 0 Å². The van der Waals surface area contributed by atoms with Crippen molar-refractivity contribution in [2.75, 3.05) is 33.4 Å². The second kappa shape index (κ2) is 12.5. The molecule has 2 heterocycles. The molecule has 6 heteroatoms. The Morgan fingerprint density at radius 3 is 2.51 bits per heavy atom. The number of hydrogen-bond donors (Lipinski definition) is 1. The number of para-hydroxylation sites is 1. The smallest absolute Gasteiger partial charge is 0.256 e. The summed E-state index contributed by atoms with van der Waals surface area (Å²) in [6.45, 7) is 5.99. The maximum Gasteiger partial charge on any atom is 0.256 e. The van der Waals surface area contributed by atoms with E-state index in [0.29, 0.717) is 25.7 Å². The number of likely N-dealkylation sites (tertiary alicyclic amines) is 1. The largest absolute Gasteiger partial charge is 0.493 e. The third-order valence-corrected chi connectivity index (χ3v) is 7.89. The molecule has 0 radical (unpaired) electrons. The number of aromatic nitrogens is 1. The van der Waals surface area contributed by atoms with Gasteiger partial charge in [-0.3, -0.25) is 4.79 Å². The molecule has 5 rings (SSSR count). The van der Waals surface area contributed by atoms with Crippen LogP contribution in [-0.2, 0) is 24.2 Å². The topological polar surface area (TPSA) is 69.7 Å². The van der Waals surface area contributed by atoms with Gasteiger partial charge in [-0.15, -0.1) is 0 Å². The van der Waals surface area contributed by atoms with Crippen molar-refractivity contribution in [3.8, 4) is 5.75 Å². The van der Waals surface area contributed by atoms with E-state index in [1.807, 2.05) is 23.2 Å². The molecule has 6 nitrogen and oxygen atoms in total. The number of piperidine rings is 1. The first kappa shape index (κ1) is 27.0. The molecule has 4 aromatic rings. The summed E-state index contributed by atoms with van der Waals surface area (Å²) in [7, 11) is 1.71. The highest BCUT2D eigenvalue weighted by atomic mass is 16.5. The Balaban J connectivity index is 1.29. The molecule has 2 N–H and O–H groups in total. The fourth-order valence-electron chi connectivity index (χ4n) is 5.75. The van der Waals surface area contributed by atoms with Crippen LogP contribution in [0.2, 0.25) is 0 Å². The Morgan fingerprint density at radius 2 is 1.77 bits per heavy atom. The minimum Gasteiger partial charge on any atom is -0.493 e. The van der Waals surface area contributed by atoms with Gasteiger partial charge in [-0.1, -0.05) is 60.7 Å². The third kappa shape index (κ3) is 6.02. The van der Waals surface area contributed by atoms with Crippen LogP contribution in [0.3, 0.4) is 0 Å². The maximum atomic E-state index is 13.7. The molecule has 0 atom stereocenters. The van der Waals surface area contributed by atoms with Crippen molar-refractivity contribution in [3.05, 3.63) is 101 Å². The molecule has 1 amide bonds. The molecule has 0 spiro atoms. The number of hydrogen-bond acceptors (Lipinski definition) is 4. The predicted molar refractivity (Wildman–Crippen MR) is 156 cm³/mol. The van der Waals surface area contributed by atoms with Crippen molar-refractivity contribution >= 4 is 16.8 Å². The van der Waals surface area contributed by atoms with Gasteiger partial charge in [-0.2, -0.15) is 0 Å². The van der Waals surface area contributed by atoms with E-state index < -0.39 is 0 Å². The number of benzene rings is 3. The number of fused-ring (bicyclic) bond motifs is 1. The van der Waals surface area contributed by atoms with Crippen LogP contribution in [0.25, 0.3) is 10.9 Å². The monoisotopic (exact) mass is 525 g/mol. The Kier molecular flexibility index (Phi) is 8.64. The lowest BCUT2D eigenvalue weighted by molar-refractivity contribution is 0.0714. The van der Waals surface area contributed by atoms with E-state index in [1.165, 1.54) is 16.7 Å². The highest BCUT2D eigenvalue weighted by Crippen LogP contribution is 2.36. The molecule has 1 saturated heterocycles. The molecule has 0 bridgehead atoms. The first-order valence-electron chi connectivity index (χ1n) is 13.9. The first-order valence-corrected chi connectivity index (χ1v) is 13.9. The van der Waals surface area contributed by atoms with Crippen molar-refractivity contribution in [2.24, 2.45) is 5.73 Å². The molecular formula is C33H39N3O3. The van der Waals surface area contributed by atoms with Gasteiger partial charge in [-0.05, 0) is 54.0 Å². The number of carbonyl (C=O) groups is 1. The van der Waals surface area contributed by atoms with Gasteiger partial charge < -0.3 is 24.7 Å². The number of aryl methyl sites for hydroxylation is 1. The van der Waals surface area contributed by atoms with Crippen LogP contribution in [0.5, 0.6) is 5.75 Å². The highest BCUT2D eigenvalue weighted by Gasteiger charge is 2.28. The lowest BCUT2D eigenvalue weighted by Gasteiger charge is -2.33. The van der Waals surface area contributed by atoms with E-state index in [0.717, 1.165) is 66.7 Å². The minimum atomic E-state index is 0.107. The SMILES string of the molecule is COCCn1cc(C(=O)N2CCC(c3cc(CN)ccc3OCCc3ccccc3)CC2)c2cccc(C)c21. The van der Waals surface area contributed by atoms with Crippen LogP contribution in [0.15, 0.2) is 72.9 Å². The molecule has 0 saturated carbocycles. The average molecular weight is 526 g/mol. The van der Waals surface area contributed by atoms with E-state index in [-0.39, 0.29) is 5.91 Å². The summed E-state index contributed by atoms with van der Waals surface area (Å²) in [5, 5.41) is 1.02. The summed E-state index contributed by atoms with van der Waals surface area (Å²) in [4.78, 5) is 15.7. The van der Waals surface area contributed by atoms with Crippen LogP contribution in [0.4, 0.5) is 0 Å². The molecule has 1 aromatic heterocycles. The number of carbonyl (C=O) groups excluding carboxylic acids is 1. The quantitative estimate of drug-likeness (QED) is 0.289. The van der Waals surface area contributed by atoms with Crippen LogP contribution >= 0.6 is 0 Å². The van der Waals surface area contributed by atoms with Gasteiger partial charge in [0, 0.05) is 51.3 Å². The molecule has 3 aromatic carbocycles. The third-order valence-electron chi connectivity index (χ3n) is 7.89. The number of nitrogens with two attached hydrogens (primary N) is 1. The summed E-state index contributed by atoms with van der Waals surface area (Å²) in [6, 6.07) is 22.9. The molecule has 0 unspecified atom stereocenters. The summed E-state index contributed by atoms with van der Waals surface area (Å²) in [6.07, 6.45) is 4.67. The summed E-state index contributed by atoms with van der Waals surface area (Å²) in [5.41, 5.74) is 12.6. The van der Waals surface area contributed by atoms with Gasteiger partial charge in [0.05, 0.1) is 24.3 Å². The Bertz CT molecular complexity index is 1400. The second-order valence-electron chi connectivity index (χ2n) is 10.4. The number of nitrogens with zero attached hydrogens (tertiary/aromatic N) is 2. The first-order chi connectivity index (χ1) is 19.1. The number of amides is 1. The number of methoxy groups -OCH3 is 1. The lowest BCUT2D eigenvalue weighted by atomic mass is 9.87. The molecule has 1 fully saturated rings. The maximum absolute atomic E-state index is 13.7. The second-order valence-corrected chi connectivity index (χ2v) is 10.4. The summed E-state index contributed by atoms with van der Waals surface area (Å²) < 4.78 is 13.8. The zero-order valence-electron chi connectivity index (χ0n) is 23.1. The van der Waals surface area contributed by atoms with Crippen molar-refractivity contribution in [1.82, 2.24) is 9.47 Å². The van der Waals surface area contributed by atoms with Gasteiger partial charge in [0.1, 0.15) is 5.75 Å². The van der Waals surface area contributed by atoms with Gasteiger partial charge in [0.2, 0.25) is 0 Å². The van der Waals surface area contributed by atoms with E-state index in [1.54, 1.807) is 7.11 Å². The predicted octanol–water partition coefficient (Wildman–Crippen LogP) is 5.70. The molecule has 0 aliphatic carbocycles. The molecule has 39 heavy (non-hydrogen) atoms. The van der Waals surface area contributed by atoms with Crippen LogP contribution in [-0.4, -0.2) is 48.8 Å². The lowest BCUT2D eigenvalue weighted by Crippen LogP contribution is -2.38. The minimum absolute atomic E-state index is 0.107. The van der Waals surface area contributed by atoms with E-state index >= 15 is 0 Å². The van der Waals surface area contributed by atoms with Crippen LogP contribution in [0.1, 0.15) is 51.4 Å². The summed E-state index contributed by atoms with van der Waals surface area (Å²) in [5.74, 6) is 1.37. The summed E-state index contributed by atoms with van der Waals surface area (Å²) >= 11 is 0. The van der Waals surface area contributed by atoms with Gasteiger partial charge >= 0.3 is 0 Å². The Hall–Kier alpha value is -3.61. The highest BCUT2D eigenvalue weighted by molar-refractivity contribution is 6.07. The van der Waals surface area contributed by atoms with Crippen LogP contribution in [0, 0.1) is 6.92 Å². The van der Waals surface area contributed by atoms with Crippen molar-refractivity contribution in [2.45, 2.75) is 45.2 Å². The molecule has 1 aliphatic heterocycles. The number of ether oxygens (including phenoxy) is 2. The van der Waals surface area contributed by atoms with Crippen molar-refractivity contribution < 1.29 is 14.3 Å². The normalized spacial score (nSPS) is 14.2. The average Bonchev–Trinajstić information content (AvgIpc) is 3.36. The van der Waals surface area contributed by atoms with E-state index in [9.17, 15) is 4.79 Å². The van der Waals surface area contributed by atoms with Crippen LogP contribution < -0.4 is 10.5 Å². The zero-order valence-corrected chi connectivity index (χ0v) is 23.1. The fourth-order valence-corrected chi connectivity index (χ4v) is 5.75.